The van der Waals surface area contributed by atoms with E-state index in [4.69, 9.17) is 4.74 Å². The van der Waals surface area contributed by atoms with E-state index in [2.05, 4.69) is 39.9 Å². The predicted octanol–water partition coefficient (Wildman–Crippen LogP) is 4.00. The summed E-state index contributed by atoms with van der Waals surface area (Å²) in [6, 6.07) is 0. The fourth-order valence-electron chi connectivity index (χ4n) is 3.41. The average Bonchev–Trinajstić information content (AvgIpc) is 2.25. The van der Waals surface area contributed by atoms with Gasteiger partial charge in [0.15, 0.2) is 0 Å². The number of ether oxygens (including phenoxy) is 1. The molecule has 18 heavy (non-hydrogen) atoms. The van der Waals surface area contributed by atoms with Crippen LogP contribution in [0, 0.1) is 11.8 Å². The van der Waals surface area contributed by atoms with Crippen LogP contribution in [0.1, 0.15) is 66.7 Å². The summed E-state index contributed by atoms with van der Waals surface area (Å²) in [4.78, 5) is 0. The van der Waals surface area contributed by atoms with Gasteiger partial charge in [-0.05, 0) is 44.6 Å². The Morgan fingerprint density at radius 3 is 2.61 bits per heavy atom. The first-order valence-corrected chi connectivity index (χ1v) is 7.86. The molecule has 0 heterocycles. The van der Waals surface area contributed by atoms with Gasteiger partial charge in [0.2, 0.25) is 0 Å². The van der Waals surface area contributed by atoms with Crippen molar-refractivity contribution in [3.05, 3.63) is 0 Å². The third-order valence-corrected chi connectivity index (χ3v) is 4.00. The minimum Gasteiger partial charge on any atom is -0.371 e. The molecule has 2 heteroatoms. The Hall–Kier alpha value is -0.0800. The molecule has 0 bridgehead atoms. The highest BCUT2D eigenvalue weighted by atomic mass is 16.5. The van der Waals surface area contributed by atoms with Gasteiger partial charge in [-0.3, -0.25) is 0 Å². The maximum atomic E-state index is 6.50. The molecule has 0 saturated heterocycles. The van der Waals surface area contributed by atoms with E-state index in [0.717, 1.165) is 24.9 Å². The zero-order valence-corrected chi connectivity index (χ0v) is 13.1. The molecule has 2 nitrogen and oxygen atoms in total. The molecule has 108 valence electrons. The normalized spacial score (nSPS) is 30.7. The number of likely N-dealkylation sites (N-methyl/N-ethyl adjacent to an activating group) is 1. The summed E-state index contributed by atoms with van der Waals surface area (Å²) in [5.74, 6) is 1.53. The molecule has 0 aromatic rings. The van der Waals surface area contributed by atoms with Gasteiger partial charge < -0.3 is 10.1 Å². The molecule has 1 N–H and O–H groups in total. The summed E-state index contributed by atoms with van der Waals surface area (Å²) in [5.41, 5.74) is 0.0992. The van der Waals surface area contributed by atoms with Crippen molar-refractivity contribution in [1.82, 2.24) is 5.32 Å². The van der Waals surface area contributed by atoms with E-state index in [1.165, 1.54) is 32.1 Å². The first kappa shape index (κ1) is 16.0. The summed E-state index contributed by atoms with van der Waals surface area (Å²) < 4.78 is 6.50. The van der Waals surface area contributed by atoms with Crippen molar-refractivity contribution < 1.29 is 4.74 Å². The van der Waals surface area contributed by atoms with Crippen LogP contribution in [0.2, 0.25) is 0 Å². The molecule has 3 atom stereocenters. The minimum absolute atomic E-state index is 0.0992. The van der Waals surface area contributed by atoms with E-state index in [1.807, 2.05) is 0 Å². The Morgan fingerprint density at radius 1 is 1.33 bits per heavy atom. The summed E-state index contributed by atoms with van der Waals surface area (Å²) in [7, 11) is 0. The summed E-state index contributed by atoms with van der Waals surface area (Å²) >= 11 is 0. The van der Waals surface area contributed by atoms with Crippen LogP contribution >= 0.6 is 0 Å². The quantitative estimate of drug-likeness (QED) is 0.742. The van der Waals surface area contributed by atoms with Crippen molar-refractivity contribution in [3.63, 3.8) is 0 Å². The smallest absolute Gasteiger partial charge is 0.0812 e. The Kier molecular flexibility index (Phi) is 6.65. The number of hydrogen-bond donors (Lipinski definition) is 1. The first-order valence-electron chi connectivity index (χ1n) is 7.86. The second-order valence-corrected chi connectivity index (χ2v) is 6.72. The van der Waals surface area contributed by atoms with Gasteiger partial charge in [-0.25, -0.2) is 0 Å². The second kappa shape index (κ2) is 7.49. The molecule has 0 aromatic heterocycles. The maximum Gasteiger partial charge on any atom is 0.0812 e. The zero-order valence-electron chi connectivity index (χ0n) is 13.1. The van der Waals surface area contributed by atoms with Gasteiger partial charge >= 0.3 is 0 Å². The molecule has 3 unspecified atom stereocenters. The molecule has 1 fully saturated rings. The average molecular weight is 255 g/mol. The Bertz CT molecular complexity index is 229. The van der Waals surface area contributed by atoms with Crippen molar-refractivity contribution in [3.8, 4) is 0 Å². The molecule has 0 amide bonds. The Balaban J connectivity index is 2.58. The summed E-state index contributed by atoms with van der Waals surface area (Å²) in [6.07, 6.45) is 6.70. The fourth-order valence-corrected chi connectivity index (χ4v) is 3.41. The van der Waals surface area contributed by atoms with Gasteiger partial charge in [0.05, 0.1) is 11.7 Å². The molecule has 0 radical (unpaired) electrons. The predicted molar refractivity (Wildman–Crippen MR) is 78.9 cm³/mol. The lowest BCUT2D eigenvalue weighted by molar-refractivity contribution is -0.119. The third-order valence-electron chi connectivity index (χ3n) is 4.00. The Labute approximate surface area is 114 Å². The van der Waals surface area contributed by atoms with Crippen LogP contribution in [0.15, 0.2) is 0 Å². The molecule has 1 aliphatic rings. The van der Waals surface area contributed by atoms with Crippen LogP contribution in [0.3, 0.4) is 0 Å². The number of hydrogen-bond acceptors (Lipinski definition) is 2. The van der Waals surface area contributed by atoms with E-state index < -0.39 is 0 Å². The highest BCUT2D eigenvalue weighted by Crippen LogP contribution is 2.36. The Morgan fingerprint density at radius 2 is 2.06 bits per heavy atom. The van der Waals surface area contributed by atoms with Crippen LogP contribution in [0.5, 0.6) is 0 Å². The maximum absolute atomic E-state index is 6.50. The van der Waals surface area contributed by atoms with Gasteiger partial charge in [-0.15, -0.1) is 0 Å². The molecular weight excluding hydrogens is 222 g/mol. The number of nitrogens with one attached hydrogen (secondary N) is 1. The molecule has 1 saturated carbocycles. The van der Waals surface area contributed by atoms with Crippen molar-refractivity contribution in [2.45, 2.75) is 78.4 Å². The van der Waals surface area contributed by atoms with E-state index in [9.17, 15) is 0 Å². The largest absolute Gasteiger partial charge is 0.371 e. The van der Waals surface area contributed by atoms with Gasteiger partial charge in [-0.2, -0.15) is 0 Å². The molecule has 1 aliphatic carbocycles. The van der Waals surface area contributed by atoms with Crippen LogP contribution in [0.25, 0.3) is 0 Å². The zero-order chi connectivity index (χ0) is 13.6. The van der Waals surface area contributed by atoms with Gasteiger partial charge in [-0.1, -0.05) is 40.5 Å². The highest BCUT2D eigenvalue weighted by Gasteiger charge is 2.36. The standard InChI is InChI=1S/C16H33NO/c1-6-17-12-16(9-7-8-14(4)11-16)18-15(5)10-13(2)3/h13-15,17H,6-12H2,1-5H3. The lowest BCUT2D eigenvalue weighted by Gasteiger charge is -2.42. The minimum atomic E-state index is 0.0992. The third kappa shape index (κ3) is 5.27. The van der Waals surface area contributed by atoms with Crippen molar-refractivity contribution in [2.75, 3.05) is 13.1 Å². The lowest BCUT2D eigenvalue weighted by Crippen LogP contribution is -2.48. The molecule has 0 spiro atoms. The summed E-state index contributed by atoms with van der Waals surface area (Å²) in [6.45, 7) is 13.4. The topological polar surface area (TPSA) is 21.3 Å². The van der Waals surface area contributed by atoms with E-state index in [1.54, 1.807) is 0 Å². The van der Waals surface area contributed by atoms with E-state index in [0.29, 0.717) is 6.10 Å². The monoisotopic (exact) mass is 255 g/mol. The van der Waals surface area contributed by atoms with Crippen molar-refractivity contribution >= 4 is 0 Å². The van der Waals surface area contributed by atoms with E-state index >= 15 is 0 Å². The van der Waals surface area contributed by atoms with Gasteiger partial charge in [0.1, 0.15) is 0 Å². The molecular formula is C16H33NO. The van der Waals surface area contributed by atoms with Crippen LogP contribution in [-0.4, -0.2) is 24.8 Å². The van der Waals surface area contributed by atoms with Crippen LogP contribution < -0.4 is 5.32 Å². The summed E-state index contributed by atoms with van der Waals surface area (Å²) in [5, 5.41) is 3.51. The number of rotatable bonds is 7. The second-order valence-electron chi connectivity index (χ2n) is 6.72. The first-order chi connectivity index (χ1) is 8.47. The van der Waals surface area contributed by atoms with Gasteiger partial charge in [0.25, 0.3) is 0 Å². The lowest BCUT2D eigenvalue weighted by atomic mass is 9.78. The van der Waals surface area contributed by atoms with Crippen molar-refractivity contribution in [2.24, 2.45) is 11.8 Å². The van der Waals surface area contributed by atoms with Crippen LogP contribution in [-0.2, 0) is 4.74 Å². The van der Waals surface area contributed by atoms with E-state index in [-0.39, 0.29) is 5.60 Å². The molecule has 0 aliphatic heterocycles. The van der Waals surface area contributed by atoms with Crippen molar-refractivity contribution in [1.29, 1.82) is 0 Å². The van der Waals surface area contributed by atoms with Crippen LogP contribution in [0.4, 0.5) is 0 Å². The molecule has 1 rings (SSSR count). The van der Waals surface area contributed by atoms with Gasteiger partial charge in [0, 0.05) is 6.54 Å². The SMILES string of the molecule is CCNCC1(OC(C)CC(C)C)CCCC(C)C1. The highest BCUT2D eigenvalue weighted by molar-refractivity contribution is 4.90. The fraction of sp³-hybridized carbons (Fsp3) is 1.00. The molecule has 0 aromatic carbocycles.